The monoisotopic (exact) mass is 255 g/mol. The smallest absolute Gasteiger partial charge is 0.233 e. The minimum atomic E-state index is 0.148. The summed E-state index contributed by atoms with van der Waals surface area (Å²) in [5, 5.41) is 8.69. The van der Waals surface area contributed by atoms with Crippen molar-refractivity contribution in [1.82, 2.24) is 19.7 Å². The molecule has 1 aromatic heterocycles. The highest BCUT2D eigenvalue weighted by atomic mass is 32.2. The molecule has 0 atom stereocenters. The lowest BCUT2D eigenvalue weighted by molar-refractivity contribution is -0.127. The Kier molecular flexibility index (Phi) is 3.68. The number of aromatic nitrogens is 3. The number of nitrogens with zero attached hydrogens (tertiary/aromatic N) is 4. The Morgan fingerprint density at radius 2 is 2.29 bits per heavy atom. The van der Waals surface area contributed by atoms with Gasteiger partial charge < -0.3 is 15.2 Å². The highest BCUT2D eigenvalue weighted by Gasteiger charge is 2.29. The van der Waals surface area contributed by atoms with Crippen molar-refractivity contribution in [2.75, 3.05) is 12.8 Å². The van der Waals surface area contributed by atoms with Gasteiger partial charge in [0.1, 0.15) is 5.82 Å². The second-order valence-electron chi connectivity index (χ2n) is 4.19. The van der Waals surface area contributed by atoms with Crippen molar-refractivity contribution in [2.24, 2.45) is 12.8 Å². The van der Waals surface area contributed by atoms with E-state index in [1.54, 1.807) is 0 Å². The molecule has 7 heteroatoms. The number of rotatable bonds is 5. The molecule has 1 fully saturated rings. The molecule has 0 bridgehead atoms. The average molecular weight is 255 g/mol. The van der Waals surface area contributed by atoms with Gasteiger partial charge in [0.15, 0.2) is 5.16 Å². The van der Waals surface area contributed by atoms with Gasteiger partial charge in [0.2, 0.25) is 5.91 Å². The highest BCUT2D eigenvalue weighted by Crippen LogP contribution is 2.26. The van der Waals surface area contributed by atoms with Crippen LogP contribution in [0.4, 0.5) is 0 Å². The van der Waals surface area contributed by atoms with Gasteiger partial charge in [-0.2, -0.15) is 0 Å². The first kappa shape index (κ1) is 12.4. The van der Waals surface area contributed by atoms with Crippen molar-refractivity contribution in [3.63, 3.8) is 0 Å². The second-order valence-corrected chi connectivity index (χ2v) is 5.13. The van der Waals surface area contributed by atoms with Gasteiger partial charge >= 0.3 is 0 Å². The average Bonchev–Trinajstić information content (AvgIpc) is 3.11. The lowest BCUT2D eigenvalue weighted by Crippen LogP contribution is -2.30. The summed E-state index contributed by atoms with van der Waals surface area (Å²) in [5.41, 5.74) is 5.51. The van der Waals surface area contributed by atoms with Crippen molar-refractivity contribution in [3.05, 3.63) is 5.82 Å². The van der Waals surface area contributed by atoms with Crippen molar-refractivity contribution >= 4 is 17.7 Å². The number of carbonyl (C=O) groups excluding carboxylic acids is 1. The van der Waals surface area contributed by atoms with E-state index in [0.717, 1.165) is 23.8 Å². The van der Waals surface area contributed by atoms with Crippen molar-refractivity contribution in [3.8, 4) is 0 Å². The number of thioether (sulfide) groups is 1. The predicted molar refractivity (Wildman–Crippen MR) is 65.4 cm³/mol. The zero-order chi connectivity index (χ0) is 12.4. The van der Waals surface area contributed by atoms with E-state index in [0.29, 0.717) is 18.3 Å². The Morgan fingerprint density at radius 3 is 2.82 bits per heavy atom. The van der Waals surface area contributed by atoms with E-state index in [-0.39, 0.29) is 5.91 Å². The lowest BCUT2D eigenvalue weighted by atomic mass is 10.5. The van der Waals surface area contributed by atoms with Crippen LogP contribution in [0.2, 0.25) is 0 Å². The molecule has 1 aliphatic rings. The molecule has 17 heavy (non-hydrogen) atoms. The number of hydrogen-bond acceptors (Lipinski definition) is 5. The summed E-state index contributed by atoms with van der Waals surface area (Å²) in [7, 11) is 3.72. The lowest BCUT2D eigenvalue weighted by Gasteiger charge is -2.15. The maximum absolute atomic E-state index is 11.8. The van der Waals surface area contributed by atoms with Crippen molar-refractivity contribution < 1.29 is 4.79 Å². The number of carbonyl (C=O) groups is 1. The molecule has 2 N–H and O–H groups in total. The summed E-state index contributed by atoms with van der Waals surface area (Å²) >= 11 is 1.41. The summed E-state index contributed by atoms with van der Waals surface area (Å²) in [6.07, 6.45) is 2.27. The SMILES string of the molecule is CN(C(=O)CSc1nnc(CN)n1C)C1CC1. The molecule has 0 saturated heterocycles. The van der Waals surface area contributed by atoms with Gasteiger partial charge in [-0.05, 0) is 12.8 Å². The topological polar surface area (TPSA) is 77.0 Å². The zero-order valence-electron chi connectivity index (χ0n) is 10.1. The molecule has 1 aliphatic carbocycles. The summed E-state index contributed by atoms with van der Waals surface area (Å²) in [6, 6.07) is 0.460. The van der Waals surface area contributed by atoms with E-state index in [9.17, 15) is 4.79 Å². The van der Waals surface area contributed by atoms with Gasteiger partial charge in [0.25, 0.3) is 0 Å². The Bertz CT molecular complexity index is 415. The Balaban J connectivity index is 1.88. The fourth-order valence-corrected chi connectivity index (χ4v) is 2.40. The van der Waals surface area contributed by atoms with E-state index < -0.39 is 0 Å². The predicted octanol–water partition coefficient (Wildman–Crippen LogP) is -0.0133. The Hall–Kier alpha value is -1.08. The molecule has 1 heterocycles. The molecular formula is C10H17N5OS. The molecule has 1 amide bonds. The molecule has 0 unspecified atom stereocenters. The zero-order valence-corrected chi connectivity index (χ0v) is 10.9. The molecule has 0 aliphatic heterocycles. The number of nitrogens with two attached hydrogens (primary N) is 1. The van der Waals surface area contributed by atoms with Gasteiger partial charge in [-0.25, -0.2) is 0 Å². The quantitative estimate of drug-likeness (QED) is 0.749. The van der Waals surface area contributed by atoms with Gasteiger partial charge in [-0.15, -0.1) is 10.2 Å². The van der Waals surface area contributed by atoms with Crippen LogP contribution in [-0.4, -0.2) is 44.4 Å². The molecule has 1 aromatic rings. The molecular weight excluding hydrogens is 238 g/mol. The van der Waals surface area contributed by atoms with Crippen LogP contribution in [0.5, 0.6) is 0 Å². The minimum Gasteiger partial charge on any atom is -0.342 e. The maximum Gasteiger partial charge on any atom is 0.233 e. The van der Waals surface area contributed by atoms with E-state index in [4.69, 9.17) is 5.73 Å². The van der Waals surface area contributed by atoms with Crippen LogP contribution < -0.4 is 5.73 Å². The minimum absolute atomic E-state index is 0.148. The van der Waals surface area contributed by atoms with Crippen LogP contribution in [0.25, 0.3) is 0 Å². The largest absolute Gasteiger partial charge is 0.342 e. The van der Waals surface area contributed by atoms with Crippen LogP contribution in [-0.2, 0) is 18.4 Å². The van der Waals surface area contributed by atoms with Gasteiger partial charge in [0, 0.05) is 20.1 Å². The van der Waals surface area contributed by atoms with E-state index in [1.807, 2.05) is 23.6 Å². The third-order valence-corrected chi connectivity index (χ3v) is 3.93. The Morgan fingerprint density at radius 1 is 1.59 bits per heavy atom. The van der Waals surface area contributed by atoms with Gasteiger partial charge in [0.05, 0.1) is 12.3 Å². The first-order valence-corrected chi connectivity index (χ1v) is 6.59. The van der Waals surface area contributed by atoms with Crippen molar-refractivity contribution in [1.29, 1.82) is 0 Å². The first-order chi connectivity index (χ1) is 8.13. The molecule has 6 nitrogen and oxygen atoms in total. The maximum atomic E-state index is 11.8. The molecule has 0 aromatic carbocycles. The van der Waals surface area contributed by atoms with E-state index >= 15 is 0 Å². The summed E-state index contributed by atoms with van der Waals surface area (Å²) in [6.45, 7) is 0.361. The normalized spacial score (nSPS) is 15.0. The molecule has 2 rings (SSSR count). The highest BCUT2D eigenvalue weighted by molar-refractivity contribution is 7.99. The number of amides is 1. The van der Waals surface area contributed by atoms with Crippen LogP contribution in [0, 0.1) is 0 Å². The fraction of sp³-hybridized carbons (Fsp3) is 0.700. The van der Waals surface area contributed by atoms with E-state index in [2.05, 4.69) is 10.2 Å². The number of hydrogen-bond donors (Lipinski definition) is 1. The van der Waals surface area contributed by atoms with E-state index in [1.165, 1.54) is 11.8 Å². The molecule has 0 spiro atoms. The fourth-order valence-electron chi connectivity index (χ4n) is 1.54. The van der Waals surface area contributed by atoms with Gasteiger partial charge in [-0.3, -0.25) is 4.79 Å². The first-order valence-electron chi connectivity index (χ1n) is 5.60. The van der Waals surface area contributed by atoms with Crippen LogP contribution in [0.3, 0.4) is 0 Å². The van der Waals surface area contributed by atoms with Crippen LogP contribution >= 0.6 is 11.8 Å². The second kappa shape index (κ2) is 5.05. The van der Waals surface area contributed by atoms with Crippen LogP contribution in [0.15, 0.2) is 5.16 Å². The Labute approximate surface area is 105 Å². The molecule has 94 valence electrons. The van der Waals surface area contributed by atoms with Crippen LogP contribution in [0.1, 0.15) is 18.7 Å². The van der Waals surface area contributed by atoms with Gasteiger partial charge in [-0.1, -0.05) is 11.8 Å². The standard InChI is InChI=1S/C10H17N5OS/c1-14(7-3-4-7)9(16)6-17-10-13-12-8(5-11)15(10)2/h7H,3-6,11H2,1-2H3. The van der Waals surface area contributed by atoms with Crippen molar-refractivity contribution in [2.45, 2.75) is 30.6 Å². The molecule has 0 radical (unpaired) electrons. The third-order valence-electron chi connectivity index (χ3n) is 2.92. The summed E-state index contributed by atoms with van der Waals surface area (Å²) in [5.74, 6) is 1.29. The summed E-state index contributed by atoms with van der Waals surface area (Å²) in [4.78, 5) is 13.6. The third kappa shape index (κ3) is 2.78. The molecule has 1 saturated carbocycles. The summed E-state index contributed by atoms with van der Waals surface area (Å²) < 4.78 is 1.83.